The summed E-state index contributed by atoms with van der Waals surface area (Å²) < 4.78 is 7.71. The molecule has 0 radical (unpaired) electrons. The van der Waals surface area contributed by atoms with Crippen LogP contribution in [0.4, 0.5) is 11.8 Å². The van der Waals surface area contributed by atoms with E-state index in [-0.39, 0.29) is 0 Å². The van der Waals surface area contributed by atoms with Crippen LogP contribution in [0.5, 0.6) is 0 Å². The minimum absolute atomic E-state index is 0.336. The Balaban J connectivity index is 1.55. The summed E-state index contributed by atoms with van der Waals surface area (Å²) in [6.45, 7) is 4.33. The first-order valence-corrected chi connectivity index (χ1v) is 11.3. The highest BCUT2D eigenvalue weighted by atomic mass is 16.5. The van der Waals surface area contributed by atoms with E-state index in [0.29, 0.717) is 24.1 Å². The van der Waals surface area contributed by atoms with E-state index < -0.39 is 0 Å². The predicted molar refractivity (Wildman–Crippen MR) is 116 cm³/mol. The molecule has 0 spiro atoms. The Morgan fingerprint density at radius 3 is 2.69 bits per heavy atom. The minimum Gasteiger partial charge on any atom is -0.382 e. The number of aromatic nitrogens is 4. The van der Waals surface area contributed by atoms with Crippen molar-refractivity contribution in [2.24, 2.45) is 5.73 Å². The van der Waals surface area contributed by atoms with Crippen molar-refractivity contribution in [1.82, 2.24) is 19.5 Å². The van der Waals surface area contributed by atoms with Crippen molar-refractivity contribution in [3.05, 3.63) is 6.33 Å². The zero-order valence-corrected chi connectivity index (χ0v) is 17.6. The normalized spacial score (nSPS) is 23.0. The molecule has 0 amide bonds. The molecule has 4 rings (SSSR count). The summed E-state index contributed by atoms with van der Waals surface area (Å²) >= 11 is 0. The molecule has 2 fully saturated rings. The van der Waals surface area contributed by atoms with E-state index in [9.17, 15) is 0 Å². The Hall–Kier alpha value is -1.93. The zero-order valence-electron chi connectivity index (χ0n) is 17.6. The van der Waals surface area contributed by atoms with Crippen LogP contribution in [0.2, 0.25) is 0 Å². The van der Waals surface area contributed by atoms with Gasteiger partial charge in [0.15, 0.2) is 17.0 Å². The van der Waals surface area contributed by atoms with Crippen molar-refractivity contribution in [2.75, 3.05) is 30.4 Å². The molecule has 8 heteroatoms. The maximum atomic E-state index is 6.06. The molecule has 2 aromatic rings. The monoisotopic (exact) mass is 401 g/mol. The van der Waals surface area contributed by atoms with Crippen LogP contribution in [0.3, 0.4) is 0 Å². The number of nitrogens with two attached hydrogens (primary N) is 1. The van der Waals surface area contributed by atoms with Crippen molar-refractivity contribution in [3.63, 3.8) is 0 Å². The zero-order chi connectivity index (χ0) is 20.1. The third-order valence-electron chi connectivity index (χ3n) is 6.21. The van der Waals surface area contributed by atoms with Crippen molar-refractivity contribution in [1.29, 1.82) is 0 Å². The first-order valence-electron chi connectivity index (χ1n) is 11.3. The lowest BCUT2D eigenvalue weighted by Crippen LogP contribution is -2.33. The van der Waals surface area contributed by atoms with Crippen molar-refractivity contribution in [3.8, 4) is 0 Å². The number of imidazole rings is 1. The molecular weight excluding hydrogens is 366 g/mol. The topological polar surface area (TPSA) is 103 Å². The highest BCUT2D eigenvalue weighted by Gasteiger charge is 2.23. The summed E-state index contributed by atoms with van der Waals surface area (Å²) in [5.41, 5.74) is 7.87. The van der Waals surface area contributed by atoms with E-state index in [1.54, 1.807) is 0 Å². The first kappa shape index (κ1) is 20.3. The SMILES string of the molecule is CCOCCCNc1nc(NC2CCC(N)CC2)nc2c1ncn2C1CCCC1. The molecule has 0 bridgehead atoms. The van der Waals surface area contributed by atoms with Crippen LogP contribution in [0, 0.1) is 0 Å². The smallest absolute Gasteiger partial charge is 0.227 e. The van der Waals surface area contributed by atoms with Crippen LogP contribution in [-0.2, 0) is 4.74 Å². The van der Waals surface area contributed by atoms with E-state index >= 15 is 0 Å². The first-order chi connectivity index (χ1) is 14.2. The summed E-state index contributed by atoms with van der Waals surface area (Å²) in [7, 11) is 0. The van der Waals surface area contributed by atoms with E-state index in [4.69, 9.17) is 20.4 Å². The van der Waals surface area contributed by atoms with Gasteiger partial charge in [-0.1, -0.05) is 12.8 Å². The van der Waals surface area contributed by atoms with Gasteiger partial charge in [0.25, 0.3) is 0 Å². The average molecular weight is 402 g/mol. The number of nitrogens with one attached hydrogen (secondary N) is 2. The largest absolute Gasteiger partial charge is 0.382 e. The van der Waals surface area contributed by atoms with Gasteiger partial charge in [0, 0.05) is 37.9 Å². The Morgan fingerprint density at radius 1 is 1.14 bits per heavy atom. The maximum Gasteiger partial charge on any atom is 0.227 e. The minimum atomic E-state index is 0.336. The molecule has 0 unspecified atom stereocenters. The van der Waals surface area contributed by atoms with Crippen LogP contribution in [0.15, 0.2) is 6.33 Å². The van der Waals surface area contributed by atoms with E-state index in [1.165, 1.54) is 25.7 Å². The van der Waals surface area contributed by atoms with Crippen LogP contribution < -0.4 is 16.4 Å². The molecule has 0 aliphatic heterocycles. The number of fused-ring (bicyclic) bond motifs is 1. The second-order valence-corrected chi connectivity index (χ2v) is 8.39. The highest BCUT2D eigenvalue weighted by Crippen LogP contribution is 2.33. The summed E-state index contributed by atoms with van der Waals surface area (Å²) in [5, 5.41) is 7.04. The second kappa shape index (κ2) is 9.71. The number of nitrogens with zero attached hydrogens (tertiary/aromatic N) is 4. The van der Waals surface area contributed by atoms with Crippen LogP contribution in [0.1, 0.15) is 70.8 Å². The van der Waals surface area contributed by atoms with Crippen LogP contribution in [0.25, 0.3) is 11.2 Å². The standard InChI is InChI=1S/C21H35N7O/c1-2-29-13-5-12-23-19-18-20(28(14-24-18)17-6-3-4-7-17)27-21(26-19)25-16-10-8-15(22)9-11-16/h14-17H,2-13,22H2,1H3,(H2,23,25,26,27). The quantitative estimate of drug-likeness (QED) is 0.553. The summed E-state index contributed by atoms with van der Waals surface area (Å²) in [5.74, 6) is 1.52. The van der Waals surface area contributed by atoms with Gasteiger partial charge in [-0.25, -0.2) is 4.98 Å². The molecule has 0 saturated heterocycles. The lowest BCUT2D eigenvalue weighted by Gasteiger charge is -2.27. The summed E-state index contributed by atoms with van der Waals surface area (Å²) in [6.07, 6.45) is 12.1. The van der Waals surface area contributed by atoms with Gasteiger partial charge in [0.1, 0.15) is 0 Å². The predicted octanol–water partition coefficient (Wildman–Crippen LogP) is 3.46. The van der Waals surface area contributed by atoms with Crippen molar-refractivity contribution >= 4 is 22.9 Å². The average Bonchev–Trinajstić information content (AvgIpc) is 3.39. The van der Waals surface area contributed by atoms with Crippen LogP contribution >= 0.6 is 0 Å². The fourth-order valence-corrected chi connectivity index (χ4v) is 4.53. The number of anilines is 2. The molecule has 2 aliphatic rings. The molecule has 160 valence electrons. The third-order valence-corrected chi connectivity index (χ3v) is 6.21. The van der Waals surface area contributed by atoms with E-state index in [0.717, 1.165) is 68.8 Å². The lowest BCUT2D eigenvalue weighted by molar-refractivity contribution is 0.147. The Morgan fingerprint density at radius 2 is 1.93 bits per heavy atom. The fourth-order valence-electron chi connectivity index (χ4n) is 4.53. The van der Waals surface area contributed by atoms with Gasteiger partial charge < -0.3 is 25.7 Å². The number of hydrogen-bond donors (Lipinski definition) is 3. The van der Waals surface area contributed by atoms with Gasteiger partial charge in [-0.15, -0.1) is 0 Å². The van der Waals surface area contributed by atoms with Gasteiger partial charge in [-0.3, -0.25) is 0 Å². The number of rotatable bonds is 9. The Labute approximate surface area is 173 Å². The number of ether oxygens (including phenoxy) is 1. The lowest BCUT2D eigenvalue weighted by atomic mass is 9.92. The molecule has 8 nitrogen and oxygen atoms in total. The van der Waals surface area contributed by atoms with E-state index in [2.05, 4.69) is 20.2 Å². The van der Waals surface area contributed by atoms with Crippen molar-refractivity contribution < 1.29 is 4.74 Å². The Bertz CT molecular complexity index is 779. The summed E-state index contributed by atoms with van der Waals surface area (Å²) in [4.78, 5) is 14.4. The molecule has 2 heterocycles. The molecule has 2 aliphatic carbocycles. The molecular formula is C21H35N7O. The molecule has 2 aromatic heterocycles. The Kier molecular flexibility index (Phi) is 6.82. The third kappa shape index (κ3) is 4.98. The fraction of sp³-hybridized carbons (Fsp3) is 0.762. The molecule has 4 N–H and O–H groups in total. The van der Waals surface area contributed by atoms with Crippen molar-refractivity contribution in [2.45, 2.75) is 82.8 Å². The van der Waals surface area contributed by atoms with Gasteiger partial charge in [0.05, 0.1) is 6.33 Å². The van der Waals surface area contributed by atoms with Gasteiger partial charge in [0.2, 0.25) is 5.95 Å². The summed E-state index contributed by atoms with van der Waals surface area (Å²) in [6, 6.07) is 1.23. The molecule has 2 saturated carbocycles. The van der Waals surface area contributed by atoms with Gasteiger partial charge in [-0.05, 0) is 51.9 Å². The van der Waals surface area contributed by atoms with Gasteiger partial charge >= 0.3 is 0 Å². The maximum absolute atomic E-state index is 6.06. The van der Waals surface area contributed by atoms with Gasteiger partial charge in [-0.2, -0.15) is 9.97 Å². The van der Waals surface area contributed by atoms with Crippen LogP contribution in [-0.4, -0.2) is 51.4 Å². The second-order valence-electron chi connectivity index (χ2n) is 8.39. The van der Waals surface area contributed by atoms with E-state index in [1.807, 2.05) is 13.3 Å². The molecule has 0 atom stereocenters. The molecule has 0 aromatic carbocycles. The highest BCUT2D eigenvalue weighted by molar-refractivity contribution is 5.84. The molecule has 29 heavy (non-hydrogen) atoms. The number of hydrogen-bond acceptors (Lipinski definition) is 7.